The Labute approximate surface area is 120 Å². The van der Waals surface area contributed by atoms with Crippen molar-refractivity contribution in [2.75, 3.05) is 0 Å². The number of benzene rings is 1. The lowest BCUT2D eigenvalue weighted by atomic mass is 9.84. The largest absolute Gasteiger partial charge is 0.273 e. The number of hydrogen-bond acceptors (Lipinski definition) is 2. The fourth-order valence-electron chi connectivity index (χ4n) is 2.15. The fourth-order valence-corrected chi connectivity index (χ4v) is 2.15. The Morgan fingerprint density at radius 1 is 1.15 bits per heavy atom. The quantitative estimate of drug-likeness (QED) is 0.843. The molecule has 0 aliphatic heterocycles. The number of nitrogens with one attached hydrogen (secondary N) is 1. The van der Waals surface area contributed by atoms with Crippen molar-refractivity contribution in [2.24, 2.45) is 5.92 Å². The van der Waals surface area contributed by atoms with E-state index in [4.69, 9.17) is 0 Å². The van der Waals surface area contributed by atoms with Crippen molar-refractivity contribution in [3.63, 3.8) is 0 Å². The maximum Gasteiger partial charge on any atom is 0.269 e. The van der Waals surface area contributed by atoms with Gasteiger partial charge in [0.25, 0.3) is 5.91 Å². The third-order valence-corrected chi connectivity index (χ3v) is 3.59. The van der Waals surface area contributed by atoms with E-state index >= 15 is 0 Å². The van der Waals surface area contributed by atoms with Crippen molar-refractivity contribution >= 4 is 11.8 Å². The van der Waals surface area contributed by atoms with Gasteiger partial charge in [0.1, 0.15) is 0 Å². The zero-order valence-corrected chi connectivity index (χ0v) is 12.3. The Morgan fingerprint density at radius 2 is 1.75 bits per heavy atom. The Bertz CT molecular complexity index is 487. The Kier molecular flexibility index (Phi) is 4.12. The van der Waals surface area contributed by atoms with Crippen molar-refractivity contribution in [1.29, 1.82) is 0 Å². The molecule has 20 heavy (non-hydrogen) atoms. The molecule has 1 saturated carbocycles. The van der Waals surface area contributed by atoms with E-state index in [1.807, 2.05) is 39.0 Å². The standard InChI is InChI=1S/C16H22N2O2/c1-16(2,3)18(15(20)13-10-7-11-13)17-14(19)12-8-5-4-6-9-12/h4-6,8-9,13H,7,10-11H2,1-3H3,(H,17,19). The summed E-state index contributed by atoms with van der Waals surface area (Å²) in [7, 11) is 0. The molecule has 1 aromatic carbocycles. The van der Waals surface area contributed by atoms with Crippen molar-refractivity contribution in [3.8, 4) is 0 Å². The minimum atomic E-state index is -0.433. The first kappa shape index (κ1) is 14.6. The molecule has 0 bridgehead atoms. The van der Waals surface area contributed by atoms with Crippen LogP contribution in [0.2, 0.25) is 0 Å². The normalized spacial score (nSPS) is 15.3. The van der Waals surface area contributed by atoms with Crippen LogP contribution in [-0.2, 0) is 4.79 Å². The van der Waals surface area contributed by atoms with Gasteiger partial charge in [0.15, 0.2) is 0 Å². The summed E-state index contributed by atoms with van der Waals surface area (Å²) in [6.07, 6.45) is 2.94. The molecule has 0 radical (unpaired) electrons. The van der Waals surface area contributed by atoms with Crippen molar-refractivity contribution in [1.82, 2.24) is 10.4 Å². The molecular weight excluding hydrogens is 252 g/mol. The summed E-state index contributed by atoms with van der Waals surface area (Å²) < 4.78 is 0. The van der Waals surface area contributed by atoms with Gasteiger partial charge in [0, 0.05) is 11.5 Å². The molecule has 1 aliphatic rings. The second kappa shape index (κ2) is 5.65. The van der Waals surface area contributed by atoms with E-state index in [1.54, 1.807) is 12.1 Å². The number of rotatable bonds is 2. The summed E-state index contributed by atoms with van der Waals surface area (Å²) in [5, 5.41) is 1.49. The molecule has 0 atom stereocenters. The van der Waals surface area contributed by atoms with Gasteiger partial charge in [-0.3, -0.25) is 15.0 Å². The summed E-state index contributed by atoms with van der Waals surface area (Å²) in [6, 6.07) is 8.96. The molecule has 1 N–H and O–H groups in total. The van der Waals surface area contributed by atoms with Crippen LogP contribution in [0.4, 0.5) is 0 Å². The number of carbonyl (C=O) groups is 2. The Hall–Kier alpha value is -1.84. The van der Waals surface area contributed by atoms with Crippen LogP contribution >= 0.6 is 0 Å². The van der Waals surface area contributed by atoms with Gasteiger partial charge in [0.2, 0.25) is 5.91 Å². The van der Waals surface area contributed by atoms with Gasteiger partial charge in [-0.1, -0.05) is 24.6 Å². The maximum absolute atomic E-state index is 12.5. The van der Waals surface area contributed by atoms with Crippen molar-refractivity contribution < 1.29 is 9.59 Å². The summed E-state index contributed by atoms with van der Waals surface area (Å²) in [6.45, 7) is 5.78. The first-order valence-electron chi connectivity index (χ1n) is 7.09. The summed E-state index contributed by atoms with van der Waals surface area (Å²) in [5.41, 5.74) is 2.89. The predicted octanol–water partition coefficient (Wildman–Crippen LogP) is 2.76. The van der Waals surface area contributed by atoms with Crippen LogP contribution in [0.1, 0.15) is 50.4 Å². The van der Waals surface area contributed by atoms with Crippen molar-refractivity contribution in [2.45, 2.75) is 45.6 Å². The number of amides is 2. The van der Waals surface area contributed by atoms with Gasteiger partial charge in [-0.15, -0.1) is 0 Å². The lowest BCUT2D eigenvalue weighted by Gasteiger charge is -2.39. The summed E-state index contributed by atoms with van der Waals surface area (Å²) in [5.74, 6) is -0.161. The molecule has 108 valence electrons. The minimum Gasteiger partial charge on any atom is -0.273 e. The number of hydrazine groups is 1. The third kappa shape index (κ3) is 3.18. The van der Waals surface area contributed by atoms with Crippen LogP contribution in [0.5, 0.6) is 0 Å². The minimum absolute atomic E-state index is 0.0213. The molecule has 2 rings (SSSR count). The smallest absolute Gasteiger partial charge is 0.269 e. The van der Waals surface area contributed by atoms with Crippen LogP contribution in [0.15, 0.2) is 30.3 Å². The molecule has 4 nitrogen and oxygen atoms in total. The summed E-state index contributed by atoms with van der Waals surface area (Å²) >= 11 is 0. The second-order valence-electron chi connectivity index (χ2n) is 6.28. The molecular formula is C16H22N2O2. The number of nitrogens with zero attached hydrogens (tertiary/aromatic N) is 1. The zero-order valence-electron chi connectivity index (χ0n) is 12.3. The third-order valence-electron chi connectivity index (χ3n) is 3.59. The molecule has 0 aromatic heterocycles. The molecule has 4 heteroatoms. The molecule has 0 heterocycles. The van der Waals surface area contributed by atoms with E-state index < -0.39 is 5.54 Å². The molecule has 1 fully saturated rings. The van der Waals surface area contributed by atoms with E-state index in [2.05, 4.69) is 5.43 Å². The zero-order chi connectivity index (χ0) is 14.8. The van der Waals surface area contributed by atoms with Gasteiger partial charge >= 0.3 is 0 Å². The van der Waals surface area contributed by atoms with E-state index in [-0.39, 0.29) is 17.7 Å². The van der Waals surface area contributed by atoms with Crippen LogP contribution in [-0.4, -0.2) is 22.4 Å². The van der Waals surface area contributed by atoms with Gasteiger partial charge in [0.05, 0.1) is 5.54 Å². The van der Waals surface area contributed by atoms with Gasteiger partial charge < -0.3 is 0 Å². The topological polar surface area (TPSA) is 49.4 Å². The van der Waals surface area contributed by atoms with Gasteiger partial charge in [-0.25, -0.2) is 5.01 Å². The highest BCUT2D eigenvalue weighted by molar-refractivity contribution is 5.95. The molecule has 0 saturated heterocycles. The van der Waals surface area contributed by atoms with E-state index in [0.29, 0.717) is 5.56 Å². The van der Waals surface area contributed by atoms with Crippen LogP contribution in [0.25, 0.3) is 0 Å². The van der Waals surface area contributed by atoms with E-state index in [9.17, 15) is 9.59 Å². The molecule has 1 aliphatic carbocycles. The highest BCUT2D eigenvalue weighted by Gasteiger charge is 2.36. The number of carbonyl (C=O) groups excluding carboxylic acids is 2. The van der Waals surface area contributed by atoms with Crippen molar-refractivity contribution in [3.05, 3.63) is 35.9 Å². The van der Waals surface area contributed by atoms with Crippen LogP contribution in [0, 0.1) is 5.92 Å². The van der Waals surface area contributed by atoms with E-state index in [0.717, 1.165) is 19.3 Å². The lowest BCUT2D eigenvalue weighted by Crippen LogP contribution is -2.58. The SMILES string of the molecule is CC(C)(C)N(NC(=O)c1ccccc1)C(=O)C1CCC1. The predicted molar refractivity (Wildman–Crippen MR) is 77.8 cm³/mol. The van der Waals surface area contributed by atoms with Gasteiger partial charge in [-0.05, 0) is 45.7 Å². The van der Waals surface area contributed by atoms with Crippen LogP contribution < -0.4 is 5.43 Å². The Balaban J connectivity index is 2.12. The van der Waals surface area contributed by atoms with Gasteiger partial charge in [-0.2, -0.15) is 0 Å². The van der Waals surface area contributed by atoms with E-state index in [1.165, 1.54) is 5.01 Å². The highest BCUT2D eigenvalue weighted by atomic mass is 16.2. The average Bonchev–Trinajstić information content (AvgIpc) is 2.33. The first-order valence-corrected chi connectivity index (χ1v) is 7.09. The molecule has 1 aromatic rings. The average molecular weight is 274 g/mol. The fraction of sp³-hybridized carbons (Fsp3) is 0.500. The highest BCUT2D eigenvalue weighted by Crippen LogP contribution is 2.29. The number of hydrogen-bond donors (Lipinski definition) is 1. The maximum atomic E-state index is 12.5. The monoisotopic (exact) mass is 274 g/mol. The molecule has 0 spiro atoms. The van der Waals surface area contributed by atoms with Crippen LogP contribution in [0.3, 0.4) is 0 Å². The first-order chi connectivity index (χ1) is 9.39. The Morgan fingerprint density at radius 3 is 2.20 bits per heavy atom. The molecule has 2 amide bonds. The molecule has 0 unspecified atom stereocenters. The lowest BCUT2D eigenvalue weighted by molar-refractivity contribution is -0.146. The second-order valence-corrected chi connectivity index (χ2v) is 6.28. The summed E-state index contributed by atoms with van der Waals surface area (Å²) in [4.78, 5) is 24.7.